The summed E-state index contributed by atoms with van der Waals surface area (Å²) in [4.78, 5) is 4.62. The van der Waals surface area contributed by atoms with Crippen molar-refractivity contribution in [1.29, 1.82) is 0 Å². The average Bonchev–Trinajstić information content (AvgIpc) is 2.74. The van der Waals surface area contributed by atoms with Gasteiger partial charge in [0.1, 0.15) is 0 Å². The van der Waals surface area contributed by atoms with Crippen molar-refractivity contribution in [2.75, 3.05) is 46.0 Å². The third-order valence-corrected chi connectivity index (χ3v) is 6.39. The molecule has 18 heavy (non-hydrogen) atoms. The number of piperazine rings is 1. The van der Waals surface area contributed by atoms with E-state index in [0.29, 0.717) is 6.54 Å². The second kappa shape index (κ2) is 5.07. The molecule has 2 unspecified atom stereocenters. The number of hydrogen-bond acceptors (Lipinski definition) is 5. The smallest absolute Gasteiger partial charge is 0.152 e. The first kappa shape index (κ1) is 14.2. The van der Waals surface area contributed by atoms with Gasteiger partial charge in [-0.3, -0.25) is 4.90 Å². The summed E-state index contributed by atoms with van der Waals surface area (Å²) in [7, 11) is -0.914. The molecule has 2 aliphatic rings. The number of sulfone groups is 1. The molecule has 106 valence electrons. The summed E-state index contributed by atoms with van der Waals surface area (Å²) < 4.78 is 24.0. The van der Waals surface area contributed by atoms with Crippen LogP contribution in [-0.4, -0.2) is 75.0 Å². The zero-order valence-electron chi connectivity index (χ0n) is 11.4. The lowest BCUT2D eigenvalue weighted by Crippen LogP contribution is -2.64. The summed E-state index contributed by atoms with van der Waals surface area (Å²) in [5.74, 6) is 0. The van der Waals surface area contributed by atoms with Gasteiger partial charge in [0.2, 0.25) is 0 Å². The zero-order valence-corrected chi connectivity index (χ0v) is 12.2. The van der Waals surface area contributed by atoms with Gasteiger partial charge in [-0.1, -0.05) is 6.42 Å². The third-order valence-electron chi connectivity index (χ3n) is 4.68. The number of rotatable bonds is 3. The van der Waals surface area contributed by atoms with Crippen LogP contribution >= 0.6 is 0 Å². The lowest BCUT2D eigenvalue weighted by Gasteiger charge is -2.47. The first-order valence-electron chi connectivity index (χ1n) is 6.73. The SMILES string of the molecule is CN1CCN(C2(CN)CCCC2S(C)(=O)=O)CC1. The van der Waals surface area contributed by atoms with Crippen molar-refractivity contribution in [3.63, 3.8) is 0 Å². The Balaban J connectivity index is 2.24. The van der Waals surface area contributed by atoms with Gasteiger partial charge in [0, 0.05) is 44.5 Å². The Labute approximate surface area is 110 Å². The maximum Gasteiger partial charge on any atom is 0.152 e. The van der Waals surface area contributed by atoms with Gasteiger partial charge in [0.25, 0.3) is 0 Å². The topological polar surface area (TPSA) is 66.6 Å². The van der Waals surface area contributed by atoms with Gasteiger partial charge in [-0.05, 0) is 19.9 Å². The molecule has 0 bridgehead atoms. The van der Waals surface area contributed by atoms with E-state index in [4.69, 9.17) is 5.73 Å². The molecule has 2 rings (SSSR count). The molecular weight excluding hydrogens is 250 g/mol. The fourth-order valence-corrected chi connectivity index (χ4v) is 5.37. The Hall–Kier alpha value is -0.170. The molecule has 2 fully saturated rings. The summed E-state index contributed by atoms with van der Waals surface area (Å²) in [5, 5.41) is -0.279. The predicted octanol–water partition coefficient (Wildman–Crippen LogP) is -0.472. The highest BCUT2D eigenvalue weighted by molar-refractivity contribution is 7.91. The van der Waals surface area contributed by atoms with Crippen molar-refractivity contribution in [2.24, 2.45) is 5.73 Å². The molecule has 1 heterocycles. The Morgan fingerprint density at radius 2 is 1.89 bits per heavy atom. The van der Waals surface area contributed by atoms with Crippen molar-refractivity contribution in [2.45, 2.75) is 30.1 Å². The molecule has 0 spiro atoms. The number of nitrogens with two attached hydrogens (primary N) is 1. The Kier molecular flexibility index (Phi) is 4.02. The van der Waals surface area contributed by atoms with Gasteiger partial charge in [-0.25, -0.2) is 8.42 Å². The van der Waals surface area contributed by atoms with Gasteiger partial charge in [-0.15, -0.1) is 0 Å². The molecule has 1 saturated carbocycles. The predicted molar refractivity (Wildman–Crippen MR) is 73.3 cm³/mol. The number of hydrogen-bond donors (Lipinski definition) is 1. The fourth-order valence-electron chi connectivity index (χ4n) is 3.61. The summed E-state index contributed by atoms with van der Waals surface area (Å²) in [6, 6.07) is 0. The Morgan fingerprint density at radius 1 is 1.28 bits per heavy atom. The van der Waals surface area contributed by atoms with Crippen LogP contribution in [0.3, 0.4) is 0 Å². The van der Waals surface area contributed by atoms with E-state index in [2.05, 4.69) is 16.8 Å². The summed E-state index contributed by atoms with van der Waals surface area (Å²) >= 11 is 0. The molecule has 0 aromatic heterocycles. The molecule has 0 amide bonds. The van der Waals surface area contributed by atoms with Crippen LogP contribution in [0.25, 0.3) is 0 Å². The Morgan fingerprint density at radius 3 is 2.39 bits per heavy atom. The second-order valence-electron chi connectivity index (χ2n) is 5.81. The number of nitrogens with zero attached hydrogens (tertiary/aromatic N) is 2. The molecule has 1 saturated heterocycles. The highest BCUT2D eigenvalue weighted by Gasteiger charge is 2.51. The quantitative estimate of drug-likeness (QED) is 0.754. The van der Waals surface area contributed by atoms with Crippen LogP contribution in [0.1, 0.15) is 19.3 Å². The molecular formula is C12H25N3O2S. The van der Waals surface area contributed by atoms with E-state index in [1.807, 2.05) is 0 Å². The monoisotopic (exact) mass is 275 g/mol. The molecule has 1 aliphatic heterocycles. The van der Waals surface area contributed by atoms with E-state index >= 15 is 0 Å². The lowest BCUT2D eigenvalue weighted by atomic mass is 9.93. The van der Waals surface area contributed by atoms with Crippen LogP contribution in [0.15, 0.2) is 0 Å². The maximum absolute atomic E-state index is 12.0. The van der Waals surface area contributed by atoms with Gasteiger partial charge in [0.15, 0.2) is 9.84 Å². The largest absolute Gasteiger partial charge is 0.329 e. The zero-order chi connectivity index (χ0) is 13.4. The van der Waals surface area contributed by atoms with E-state index in [9.17, 15) is 8.42 Å². The van der Waals surface area contributed by atoms with Crippen LogP contribution in [0, 0.1) is 0 Å². The van der Waals surface area contributed by atoms with Crippen LogP contribution in [0.2, 0.25) is 0 Å². The van der Waals surface area contributed by atoms with E-state index < -0.39 is 9.84 Å². The number of likely N-dealkylation sites (N-methyl/N-ethyl adjacent to an activating group) is 1. The minimum absolute atomic E-state index is 0.279. The molecule has 6 heteroatoms. The van der Waals surface area contributed by atoms with Crippen molar-refractivity contribution < 1.29 is 8.42 Å². The molecule has 1 aliphatic carbocycles. The van der Waals surface area contributed by atoms with Crippen molar-refractivity contribution in [3.05, 3.63) is 0 Å². The molecule has 0 aromatic carbocycles. The van der Waals surface area contributed by atoms with Crippen molar-refractivity contribution in [1.82, 2.24) is 9.80 Å². The average molecular weight is 275 g/mol. The molecule has 2 N–H and O–H groups in total. The highest BCUT2D eigenvalue weighted by atomic mass is 32.2. The van der Waals surface area contributed by atoms with Crippen molar-refractivity contribution >= 4 is 9.84 Å². The van der Waals surface area contributed by atoms with E-state index in [1.165, 1.54) is 6.26 Å². The lowest BCUT2D eigenvalue weighted by molar-refractivity contribution is 0.0503. The van der Waals surface area contributed by atoms with Crippen LogP contribution in [0.5, 0.6) is 0 Å². The fraction of sp³-hybridized carbons (Fsp3) is 1.00. The van der Waals surface area contributed by atoms with Gasteiger partial charge >= 0.3 is 0 Å². The van der Waals surface area contributed by atoms with Crippen LogP contribution in [-0.2, 0) is 9.84 Å². The Bertz CT molecular complexity index is 390. The minimum atomic E-state index is -3.02. The minimum Gasteiger partial charge on any atom is -0.329 e. The summed E-state index contributed by atoms with van der Waals surface area (Å²) in [6.07, 6.45) is 4.03. The van der Waals surface area contributed by atoms with Crippen LogP contribution in [0.4, 0.5) is 0 Å². The molecule has 5 nitrogen and oxygen atoms in total. The maximum atomic E-state index is 12.0. The van der Waals surface area contributed by atoms with Gasteiger partial charge < -0.3 is 10.6 Å². The van der Waals surface area contributed by atoms with Crippen molar-refractivity contribution in [3.8, 4) is 0 Å². The molecule has 0 radical (unpaired) electrons. The third kappa shape index (κ3) is 2.43. The first-order valence-corrected chi connectivity index (χ1v) is 8.68. The highest BCUT2D eigenvalue weighted by Crippen LogP contribution is 2.39. The molecule has 0 aromatic rings. The normalized spacial score (nSPS) is 36.1. The second-order valence-corrected chi connectivity index (χ2v) is 8.04. The van der Waals surface area contributed by atoms with Gasteiger partial charge in [0.05, 0.1) is 5.25 Å². The van der Waals surface area contributed by atoms with Crippen LogP contribution < -0.4 is 5.73 Å². The van der Waals surface area contributed by atoms with E-state index in [0.717, 1.165) is 45.4 Å². The van der Waals surface area contributed by atoms with E-state index in [-0.39, 0.29) is 10.8 Å². The molecule has 2 atom stereocenters. The van der Waals surface area contributed by atoms with Gasteiger partial charge in [-0.2, -0.15) is 0 Å². The first-order chi connectivity index (χ1) is 8.40. The van der Waals surface area contributed by atoms with E-state index in [1.54, 1.807) is 0 Å². The standard InChI is InChI=1S/C12H25N3O2S/c1-14-6-8-15(9-7-14)12(10-13)5-3-4-11(12)18(2,16)17/h11H,3-10,13H2,1-2H3. The summed E-state index contributed by atoms with van der Waals surface area (Å²) in [5.41, 5.74) is 5.69. The summed E-state index contributed by atoms with van der Waals surface area (Å²) in [6.45, 7) is 4.31.